The highest BCUT2D eigenvalue weighted by Gasteiger charge is 2.18. The van der Waals surface area contributed by atoms with E-state index >= 15 is 0 Å². The van der Waals surface area contributed by atoms with Gasteiger partial charge in [-0.3, -0.25) is 4.79 Å². The average molecular weight is 422 g/mol. The van der Waals surface area contributed by atoms with Gasteiger partial charge in [0, 0.05) is 11.3 Å². The number of para-hydroxylation sites is 1. The van der Waals surface area contributed by atoms with Crippen LogP contribution in [0.5, 0.6) is 5.75 Å². The van der Waals surface area contributed by atoms with E-state index in [1.807, 2.05) is 0 Å². The molecular weight excluding hydrogens is 407 g/mol. The van der Waals surface area contributed by atoms with E-state index in [0.717, 1.165) is 0 Å². The predicted octanol–water partition coefficient (Wildman–Crippen LogP) is 4.14. The molecule has 0 fully saturated rings. The summed E-state index contributed by atoms with van der Waals surface area (Å²) in [4.78, 5) is 12.4. The third-order valence-corrected chi connectivity index (χ3v) is 5.17. The van der Waals surface area contributed by atoms with Crippen molar-refractivity contribution in [2.24, 2.45) is 0 Å². The maximum Gasteiger partial charge on any atom is 0.339 e. The first-order chi connectivity index (χ1) is 14.4. The number of carbonyl (C=O) groups excluding carboxylic acids is 1. The number of hydrogen-bond acceptors (Lipinski definition) is 5. The van der Waals surface area contributed by atoms with Crippen LogP contribution in [0.15, 0.2) is 89.3 Å². The maximum absolute atomic E-state index is 13.0. The molecule has 0 unspecified atom stereocenters. The fraction of sp³-hybridized carbons (Fsp3) is 0. The second-order valence-electron chi connectivity index (χ2n) is 6.02. The number of benzene rings is 3. The lowest BCUT2D eigenvalue weighted by molar-refractivity contribution is -0.112. The summed E-state index contributed by atoms with van der Waals surface area (Å²) in [5, 5.41) is 11.9. The number of nitrogens with one attached hydrogen (secondary N) is 1. The van der Waals surface area contributed by atoms with Crippen molar-refractivity contribution in [2.75, 3.05) is 5.32 Å². The molecule has 0 atom stereocenters. The fourth-order valence-electron chi connectivity index (χ4n) is 2.46. The van der Waals surface area contributed by atoms with Crippen molar-refractivity contribution in [1.82, 2.24) is 0 Å². The smallest absolute Gasteiger partial charge is 0.339 e. The van der Waals surface area contributed by atoms with Crippen LogP contribution < -0.4 is 9.50 Å². The number of anilines is 1. The van der Waals surface area contributed by atoms with Crippen molar-refractivity contribution in [1.29, 1.82) is 5.26 Å². The van der Waals surface area contributed by atoms with Gasteiger partial charge in [-0.05, 0) is 48.5 Å². The number of nitrogens with zero attached hydrogens (tertiary/aromatic N) is 1. The third-order valence-electron chi connectivity index (χ3n) is 3.92. The second-order valence-corrected chi connectivity index (χ2v) is 7.57. The van der Waals surface area contributed by atoms with E-state index in [0.29, 0.717) is 5.69 Å². The standard InChI is InChI=1S/C22H15FN2O4S/c23-18-10-12-19(13-11-18)25-22(26)17(15-24)14-16-6-4-5-9-21(16)29-30(27,28)20-7-2-1-3-8-20/h1-14H,(H,25,26)/b17-14+. The van der Waals surface area contributed by atoms with Crippen LogP contribution in [-0.4, -0.2) is 14.3 Å². The van der Waals surface area contributed by atoms with Crippen molar-refractivity contribution < 1.29 is 21.8 Å². The zero-order valence-corrected chi connectivity index (χ0v) is 16.3. The molecule has 0 saturated heterocycles. The number of carbonyl (C=O) groups is 1. The molecule has 150 valence electrons. The van der Waals surface area contributed by atoms with Crippen molar-refractivity contribution >= 4 is 27.8 Å². The van der Waals surface area contributed by atoms with Gasteiger partial charge in [-0.25, -0.2) is 4.39 Å². The van der Waals surface area contributed by atoms with E-state index in [-0.39, 0.29) is 21.8 Å². The van der Waals surface area contributed by atoms with Crippen molar-refractivity contribution in [3.63, 3.8) is 0 Å². The molecule has 1 N–H and O–H groups in total. The molecule has 0 aromatic heterocycles. The summed E-state index contributed by atoms with van der Waals surface area (Å²) in [6, 6.07) is 20.5. The molecule has 0 aliphatic carbocycles. The maximum atomic E-state index is 13.0. The van der Waals surface area contributed by atoms with Crippen LogP contribution in [0, 0.1) is 17.1 Å². The molecule has 0 bridgehead atoms. The number of nitriles is 1. The Balaban J connectivity index is 1.88. The van der Waals surface area contributed by atoms with Gasteiger partial charge in [0.15, 0.2) is 0 Å². The highest BCUT2D eigenvalue weighted by molar-refractivity contribution is 7.87. The molecule has 0 aliphatic heterocycles. The van der Waals surface area contributed by atoms with Gasteiger partial charge in [0.2, 0.25) is 0 Å². The predicted molar refractivity (Wildman–Crippen MR) is 109 cm³/mol. The molecule has 0 aliphatic rings. The van der Waals surface area contributed by atoms with E-state index in [2.05, 4.69) is 5.32 Å². The molecule has 0 saturated carbocycles. The van der Waals surface area contributed by atoms with Crippen LogP contribution in [0.4, 0.5) is 10.1 Å². The Hall–Kier alpha value is -3.96. The summed E-state index contributed by atoms with van der Waals surface area (Å²) in [7, 11) is -4.10. The van der Waals surface area contributed by atoms with Crippen LogP contribution in [0.3, 0.4) is 0 Å². The summed E-state index contributed by atoms with van der Waals surface area (Å²) < 4.78 is 43.2. The molecule has 3 aromatic carbocycles. The Morgan fingerprint density at radius 2 is 1.60 bits per heavy atom. The fourth-order valence-corrected chi connectivity index (χ4v) is 3.44. The molecule has 0 spiro atoms. The van der Waals surface area contributed by atoms with Crippen molar-refractivity contribution in [2.45, 2.75) is 4.90 Å². The largest absolute Gasteiger partial charge is 0.378 e. The Morgan fingerprint density at radius 1 is 0.967 bits per heavy atom. The Morgan fingerprint density at radius 3 is 2.27 bits per heavy atom. The highest BCUT2D eigenvalue weighted by Crippen LogP contribution is 2.25. The van der Waals surface area contributed by atoms with Gasteiger partial charge in [0.25, 0.3) is 5.91 Å². The Kier molecular flexibility index (Phi) is 6.25. The number of hydrogen-bond donors (Lipinski definition) is 1. The minimum Gasteiger partial charge on any atom is -0.378 e. The summed E-state index contributed by atoms with van der Waals surface area (Å²) >= 11 is 0. The van der Waals surface area contributed by atoms with E-state index in [1.54, 1.807) is 36.4 Å². The zero-order valence-electron chi connectivity index (χ0n) is 15.4. The summed E-state index contributed by atoms with van der Waals surface area (Å²) in [6.45, 7) is 0. The lowest BCUT2D eigenvalue weighted by atomic mass is 10.1. The topological polar surface area (TPSA) is 96.3 Å². The average Bonchev–Trinajstić information content (AvgIpc) is 2.75. The minimum atomic E-state index is -4.10. The normalized spacial score (nSPS) is 11.4. The first-order valence-electron chi connectivity index (χ1n) is 8.66. The van der Waals surface area contributed by atoms with E-state index in [9.17, 15) is 22.9 Å². The second kappa shape index (κ2) is 9.03. The van der Waals surface area contributed by atoms with Crippen LogP contribution in [-0.2, 0) is 14.9 Å². The van der Waals surface area contributed by atoms with Gasteiger partial charge in [-0.15, -0.1) is 0 Å². The minimum absolute atomic E-state index is 0.0293. The van der Waals surface area contributed by atoms with Gasteiger partial charge in [-0.1, -0.05) is 36.4 Å². The van der Waals surface area contributed by atoms with Crippen molar-refractivity contribution in [3.8, 4) is 11.8 Å². The van der Waals surface area contributed by atoms with Gasteiger partial charge in [0.05, 0.1) is 0 Å². The van der Waals surface area contributed by atoms with Crippen LogP contribution in [0.2, 0.25) is 0 Å². The SMILES string of the molecule is N#C/C(=C\c1ccccc1OS(=O)(=O)c1ccccc1)C(=O)Nc1ccc(F)cc1. The molecule has 3 rings (SSSR count). The monoisotopic (exact) mass is 422 g/mol. The van der Waals surface area contributed by atoms with Gasteiger partial charge >= 0.3 is 10.1 Å². The number of rotatable bonds is 6. The molecule has 1 amide bonds. The first kappa shape index (κ1) is 20.8. The number of amides is 1. The Bertz CT molecular complexity index is 1230. The van der Waals surface area contributed by atoms with E-state index < -0.39 is 21.8 Å². The van der Waals surface area contributed by atoms with Gasteiger partial charge in [-0.2, -0.15) is 13.7 Å². The molecule has 6 nitrogen and oxygen atoms in total. The molecular formula is C22H15FN2O4S. The first-order valence-corrected chi connectivity index (χ1v) is 10.1. The molecule has 3 aromatic rings. The van der Waals surface area contributed by atoms with E-state index in [4.69, 9.17) is 4.18 Å². The van der Waals surface area contributed by atoms with Crippen LogP contribution in [0.1, 0.15) is 5.56 Å². The quantitative estimate of drug-likeness (QED) is 0.366. The highest BCUT2D eigenvalue weighted by atomic mass is 32.2. The lowest BCUT2D eigenvalue weighted by Crippen LogP contribution is -2.14. The Labute approximate surface area is 173 Å². The van der Waals surface area contributed by atoms with E-state index in [1.165, 1.54) is 54.6 Å². The van der Waals surface area contributed by atoms with Gasteiger partial charge < -0.3 is 9.50 Å². The summed E-state index contributed by atoms with van der Waals surface area (Å²) in [5.41, 5.74) is 0.244. The van der Waals surface area contributed by atoms with Crippen molar-refractivity contribution in [3.05, 3.63) is 95.8 Å². The number of halogens is 1. The third kappa shape index (κ3) is 5.10. The lowest BCUT2D eigenvalue weighted by Gasteiger charge is -2.10. The summed E-state index contributed by atoms with van der Waals surface area (Å²) in [6.07, 6.45) is 1.22. The van der Waals surface area contributed by atoms with Gasteiger partial charge in [0.1, 0.15) is 28.1 Å². The molecule has 8 heteroatoms. The molecule has 30 heavy (non-hydrogen) atoms. The zero-order chi connectivity index (χ0) is 21.6. The molecule has 0 heterocycles. The molecule has 0 radical (unpaired) electrons. The van der Waals surface area contributed by atoms with Crippen LogP contribution in [0.25, 0.3) is 6.08 Å². The summed E-state index contributed by atoms with van der Waals surface area (Å²) in [5.74, 6) is -1.23. The van der Waals surface area contributed by atoms with Crippen LogP contribution >= 0.6 is 0 Å².